The fourth-order valence-corrected chi connectivity index (χ4v) is 1.22. The number of hydrogen-bond donors (Lipinski definition) is 0. The smallest absolute Gasteiger partial charge is 0.251 e. The summed E-state index contributed by atoms with van der Waals surface area (Å²) in [5, 5.41) is 0. The fourth-order valence-electron chi connectivity index (χ4n) is 1.22. The molecule has 350 valence electrons. The molecular formula is C35H91F17. The number of alkyl halides is 17. The van der Waals surface area contributed by atoms with E-state index >= 15 is 0 Å². The van der Waals surface area contributed by atoms with E-state index in [0.29, 0.717) is 0 Å². The second-order valence-corrected chi connectivity index (χ2v) is 7.17. The number of rotatable bonds is 1. The van der Waals surface area contributed by atoms with E-state index in [9.17, 15) is 74.6 Å². The van der Waals surface area contributed by atoms with Crippen molar-refractivity contribution in [3.8, 4) is 0 Å². The zero-order chi connectivity index (χ0) is 32.2. The van der Waals surface area contributed by atoms with Gasteiger partial charge in [0.05, 0.1) is 26.7 Å². The zero-order valence-corrected chi connectivity index (χ0v) is 21.7. The van der Waals surface area contributed by atoms with Gasteiger partial charge in [0.25, 0.3) is 5.92 Å². The van der Waals surface area contributed by atoms with Crippen LogP contribution in [0.1, 0.15) is 171 Å². The van der Waals surface area contributed by atoms with Crippen LogP contribution < -0.4 is 0 Å². The van der Waals surface area contributed by atoms with Gasteiger partial charge in [0, 0.05) is 19.3 Å². The van der Waals surface area contributed by atoms with Crippen LogP contribution in [0.15, 0.2) is 0 Å². The van der Waals surface area contributed by atoms with Gasteiger partial charge in [-0.2, -0.15) is 39.5 Å². The van der Waals surface area contributed by atoms with Crippen molar-refractivity contribution in [2.24, 2.45) is 11.3 Å². The first-order valence-electron chi connectivity index (χ1n) is 11.0. The van der Waals surface area contributed by atoms with Crippen LogP contribution >= 0.6 is 0 Å². The minimum atomic E-state index is -5.24. The van der Waals surface area contributed by atoms with Crippen molar-refractivity contribution < 1.29 is 74.6 Å². The van der Waals surface area contributed by atoms with E-state index in [4.69, 9.17) is 0 Å². The average Bonchev–Trinajstić information content (AvgIpc) is 3.58. The van der Waals surface area contributed by atoms with Gasteiger partial charge in [0.15, 0.2) is 5.41 Å². The maximum Gasteiger partial charge on any atom is 0.402 e. The van der Waals surface area contributed by atoms with Gasteiger partial charge in [-0.15, -0.1) is 0 Å². The molecule has 52 heavy (non-hydrogen) atoms. The van der Waals surface area contributed by atoms with Crippen molar-refractivity contribution in [2.45, 2.75) is 202 Å². The minimum Gasteiger partial charge on any atom is -0.251 e. The van der Waals surface area contributed by atoms with Crippen molar-refractivity contribution in [3.63, 3.8) is 0 Å². The molecule has 0 aromatic carbocycles. The molecule has 0 amide bonds. The third-order valence-electron chi connectivity index (χ3n) is 3.81. The lowest BCUT2D eigenvalue weighted by Gasteiger charge is -2.32. The largest absolute Gasteiger partial charge is 0.402 e. The molecule has 0 aromatic rings. The monoisotopic (exact) mass is 835 g/mol. The van der Waals surface area contributed by atoms with Crippen LogP contribution in [0.5, 0.6) is 0 Å². The highest BCUT2D eigenvalue weighted by atomic mass is 19.4. The van der Waals surface area contributed by atoms with E-state index < -0.39 is 54.5 Å². The molecule has 2 aliphatic carbocycles. The molecule has 0 nitrogen and oxygen atoms in total. The lowest BCUT2D eigenvalue weighted by atomic mass is 9.86. The van der Waals surface area contributed by atoms with Crippen LogP contribution in [0.2, 0.25) is 0 Å². The maximum absolute atomic E-state index is 11.9. The Bertz CT molecular complexity index is 503. The Balaban J connectivity index is -0.0000000146. The number of hydrogen-bond acceptors (Lipinski definition) is 0. The predicted molar refractivity (Wildman–Crippen MR) is 205 cm³/mol. The summed E-state index contributed by atoms with van der Waals surface area (Å²) in [5.74, 6) is -8.09. The van der Waals surface area contributed by atoms with Crippen LogP contribution in [-0.4, -0.2) is 57.1 Å². The van der Waals surface area contributed by atoms with Gasteiger partial charge in [-0.1, -0.05) is 111 Å². The molecule has 2 rings (SSSR count). The zero-order valence-electron chi connectivity index (χ0n) is 21.7. The quantitative estimate of drug-likeness (QED) is 0.231. The van der Waals surface area contributed by atoms with E-state index in [2.05, 4.69) is 0 Å². The molecule has 1 atom stereocenters. The standard InChI is InChI=1S/C6H8F6.C4H3F5.C3H4F2.4C2H5F.14CH4/c1-3-4(2,5(7,8)9)6(10,11)12;5-3(6)1-2(3)4(7,8)9;4-3(5)1-2-3;4*1-2-3;;;;;;;;;;;;;;/h3H2,1-2H3;2H,1H2;1-2H2;4*2H2,1H3;14*1H4. The summed E-state index contributed by atoms with van der Waals surface area (Å²) >= 11 is 0. The Morgan fingerprint density at radius 2 is 0.577 bits per heavy atom. The van der Waals surface area contributed by atoms with Gasteiger partial charge < -0.3 is 0 Å². The van der Waals surface area contributed by atoms with Gasteiger partial charge >= 0.3 is 18.5 Å². The van der Waals surface area contributed by atoms with E-state index in [-0.39, 0.29) is 150 Å². The van der Waals surface area contributed by atoms with Crippen molar-refractivity contribution in [2.75, 3.05) is 26.7 Å². The summed E-state index contributed by atoms with van der Waals surface area (Å²) < 4.78 is 192. The molecule has 0 bridgehead atoms. The molecule has 0 heterocycles. The van der Waals surface area contributed by atoms with E-state index in [1.165, 1.54) is 27.7 Å². The van der Waals surface area contributed by atoms with Crippen molar-refractivity contribution in [1.82, 2.24) is 0 Å². The number of halogens is 17. The Morgan fingerprint density at radius 3 is 0.577 bits per heavy atom. The van der Waals surface area contributed by atoms with Crippen LogP contribution in [0.4, 0.5) is 74.6 Å². The van der Waals surface area contributed by atoms with E-state index in [1.807, 2.05) is 0 Å². The summed E-state index contributed by atoms with van der Waals surface area (Å²) in [6.45, 7) is 5.86. The molecule has 2 fully saturated rings. The summed E-state index contributed by atoms with van der Waals surface area (Å²) in [5.41, 5.74) is -3.58. The summed E-state index contributed by atoms with van der Waals surface area (Å²) in [6.07, 6.45) is -17.0. The van der Waals surface area contributed by atoms with Crippen molar-refractivity contribution in [1.29, 1.82) is 0 Å². The lowest BCUT2D eigenvalue weighted by Crippen LogP contribution is -2.47. The topological polar surface area (TPSA) is 0 Å². The molecule has 0 N–H and O–H groups in total. The normalized spacial score (nSPS) is 13.3. The Morgan fingerprint density at radius 1 is 0.442 bits per heavy atom. The molecule has 0 spiro atoms. The van der Waals surface area contributed by atoms with Crippen LogP contribution in [-0.2, 0) is 0 Å². The van der Waals surface area contributed by atoms with Gasteiger partial charge in [-0.3, -0.25) is 17.6 Å². The van der Waals surface area contributed by atoms with Gasteiger partial charge in [-0.25, -0.2) is 17.6 Å². The molecule has 2 saturated carbocycles. The molecular weight excluding hydrogens is 743 g/mol. The molecule has 1 unspecified atom stereocenters. The molecule has 0 aliphatic heterocycles. The summed E-state index contributed by atoms with van der Waals surface area (Å²) in [6, 6.07) is 0. The average molecular weight is 835 g/mol. The highest BCUT2D eigenvalue weighted by molar-refractivity contribution is 4.99. The highest BCUT2D eigenvalue weighted by Crippen LogP contribution is 2.57. The van der Waals surface area contributed by atoms with Gasteiger partial charge in [0.2, 0.25) is 5.92 Å². The van der Waals surface area contributed by atoms with Crippen molar-refractivity contribution in [3.05, 3.63) is 0 Å². The molecule has 0 aromatic heterocycles. The Kier molecular flexibility index (Phi) is 135. The predicted octanol–water partition coefficient (Wildman–Crippen LogP) is 20.0. The van der Waals surface area contributed by atoms with Crippen LogP contribution in [0.25, 0.3) is 0 Å². The molecule has 0 radical (unpaired) electrons. The second kappa shape index (κ2) is 56.5. The SMILES string of the molecule is C.C.C.C.C.C.C.C.C.C.C.C.C.C.CCC(C)(C(F)(F)F)C(F)(F)F.CCF.CCF.CCF.CCF.FC(F)(F)C1CC1(F)F.FC1(F)CC1. The van der Waals surface area contributed by atoms with E-state index in [1.54, 1.807) is 0 Å². The van der Waals surface area contributed by atoms with Crippen LogP contribution in [0.3, 0.4) is 0 Å². The third kappa shape index (κ3) is 70.4. The van der Waals surface area contributed by atoms with E-state index in [0.717, 1.165) is 6.92 Å². The Hall–Kier alpha value is -1.19. The molecule has 17 heteroatoms. The Labute approximate surface area is 314 Å². The highest BCUT2D eigenvalue weighted by Gasteiger charge is 2.70. The third-order valence-corrected chi connectivity index (χ3v) is 3.81. The fraction of sp³-hybridized carbons (Fsp3) is 1.00. The first-order chi connectivity index (χ1) is 16.8. The summed E-state index contributed by atoms with van der Waals surface area (Å²) in [4.78, 5) is 0. The lowest BCUT2D eigenvalue weighted by molar-refractivity contribution is -0.335. The van der Waals surface area contributed by atoms with Gasteiger partial charge in [0.1, 0.15) is 5.92 Å². The second-order valence-electron chi connectivity index (χ2n) is 7.17. The van der Waals surface area contributed by atoms with Crippen molar-refractivity contribution >= 4 is 0 Å². The van der Waals surface area contributed by atoms with Gasteiger partial charge in [-0.05, 0) is 41.0 Å². The molecule has 2 aliphatic rings. The van der Waals surface area contributed by atoms with Crippen LogP contribution in [0, 0.1) is 11.3 Å². The first-order valence-corrected chi connectivity index (χ1v) is 11.0. The molecule has 0 saturated heterocycles. The minimum absolute atomic E-state index is 0. The summed E-state index contributed by atoms with van der Waals surface area (Å²) in [7, 11) is 0. The maximum atomic E-state index is 11.9. The first kappa shape index (κ1) is 125.